The molecule has 1 aliphatic heterocycles. The fourth-order valence-electron chi connectivity index (χ4n) is 3.93. The lowest BCUT2D eigenvalue weighted by molar-refractivity contribution is -0.152. The lowest BCUT2D eigenvalue weighted by Crippen LogP contribution is -2.50. The molecule has 1 aliphatic carbocycles. The first kappa shape index (κ1) is 15.3. The van der Waals surface area contributed by atoms with Crippen LogP contribution in [0.15, 0.2) is 0 Å². The van der Waals surface area contributed by atoms with Crippen LogP contribution >= 0.6 is 0 Å². The van der Waals surface area contributed by atoms with Crippen LogP contribution in [0.5, 0.6) is 0 Å². The first-order chi connectivity index (χ1) is 9.34. The Balaban J connectivity index is 2.01. The molecule has 0 aromatic rings. The predicted octanol–water partition coefficient (Wildman–Crippen LogP) is 2.77. The molecule has 20 heavy (non-hydrogen) atoms. The molecule has 1 amide bonds. The highest BCUT2D eigenvalue weighted by molar-refractivity contribution is 5.82. The molecule has 4 heteroatoms. The summed E-state index contributed by atoms with van der Waals surface area (Å²) in [5.41, 5.74) is -0.299. The summed E-state index contributed by atoms with van der Waals surface area (Å²) >= 11 is 0. The van der Waals surface area contributed by atoms with E-state index in [0.29, 0.717) is 25.4 Å². The number of carbonyl (C=O) groups excluding carboxylic acids is 1. The first-order valence-corrected chi connectivity index (χ1v) is 7.86. The molecule has 2 rings (SSSR count). The summed E-state index contributed by atoms with van der Waals surface area (Å²) in [5, 5.41) is 9.16. The minimum absolute atomic E-state index is 0.0459. The van der Waals surface area contributed by atoms with Crippen molar-refractivity contribution in [1.82, 2.24) is 4.90 Å². The fraction of sp³-hybridized carbons (Fsp3) is 0.875. The number of likely N-dealkylation sites (tertiary alicyclic amines) is 1. The van der Waals surface area contributed by atoms with E-state index < -0.39 is 5.97 Å². The lowest BCUT2D eigenvalue weighted by atomic mass is 9.75. The third kappa shape index (κ3) is 2.84. The lowest BCUT2D eigenvalue weighted by Gasteiger charge is -2.41. The normalized spacial score (nSPS) is 28.6. The maximum Gasteiger partial charge on any atom is 0.306 e. The molecule has 0 radical (unpaired) electrons. The Morgan fingerprint density at radius 2 is 1.75 bits per heavy atom. The molecule has 2 fully saturated rings. The number of carboxylic acids is 1. The van der Waals surface area contributed by atoms with Gasteiger partial charge < -0.3 is 10.0 Å². The van der Waals surface area contributed by atoms with Crippen LogP contribution in [0.1, 0.15) is 52.9 Å². The number of piperidine rings is 1. The van der Waals surface area contributed by atoms with Crippen molar-refractivity contribution in [3.8, 4) is 0 Å². The van der Waals surface area contributed by atoms with Gasteiger partial charge in [-0.3, -0.25) is 9.59 Å². The van der Waals surface area contributed by atoms with Gasteiger partial charge in [0, 0.05) is 18.5 Å². The van der Waals surface area contributed by atoms with Gasteiger partial charge in [0.1, 0.15) is 0 Å². The van der Waals surface area contributed by atoms with Crippen molar-refractivity contribution in [2.75, 3.05) is 13.1 Å². The summed E-state index contributed by atoms with van der Waals surface area (Å²) in [6, 6.07) is 0. The van der Waals surface area contributed by atoms with Gasteiger partial charge in [0.25, 0.3) is 0 Å². The van der Waals surface area contributed by atoms with E-state index in [1.807, 2.05) is 11.8 Å². The molecule has 2 aliphatic rings. The Morgan fingerprint density at radius 1 is 1.15 bits per heavy atom. The molecule has 1 saturated heterocycles. The molecule has 0 bridgehead atoms. The van der Waals surface area contributed by atoms with Crippen LogP contribution in [-0.2, 0) is 9.59 Å². The standard InChI is InChI=1S/C16H27NO3/c1-11-10-17(9-8-13(11)14(18)19)15(20)16(2,3)12-6-4-5-7-12/h11-13H,4-10H2,1-3H3,(H,18,19). The highest BCUT2D eigenvalue weighted by atomic mass is 16.4. The Labute approximate surface area is 121 Å². The molecule has 0 aromatic heterocycles. The Morgan fingerprint density at radius 3 is 2.25 bits per heavy atom. The zero-order valence-corrected chi connectivity index (χ0v) is 12.9. The molecule has 1 N–H and O–H groups in total. The molecular formula is C16H27NO3. The highest BCUT2D eigenvalue weighted by Crippen LogP contribution is 2.41. The number of rotatable bonds is 3. The van der Waals surface area contributed by atoms with Crippen molar-refractivity contribution < 1.29 is 14.7 Å². The van der Waals surface area contributed by atoms with E-state index in [2.05, 4.69) is 13.8 Å². The molecule has 114 valence electrons. The van der Waals surface area contributed by atoms with Gasteiger partial charge in [-0.15, -0.1) is 0 Å². The number of amides is 1. The smallest absolute Gasteiger partial charge is 0.306 e. The predicted molar refractivity (Wildman–Crippen MR) is 77.2 cm³/mol. The highest BCUT2D eigenvalue weighted by Gasteiger charge is 2.42. The molecular weight excluding hydrogens is 254 g/mol. The van der Waals surface area contributed by atoms with E-state index in [4.69, 9.17) is 5.11 Å². The summed E-state index contributed by atoms with van der Waals surface area (Å²) in [4.78, 5) is 25.9. The molecule has 1 saturated carbocycles. The van der Waals surface area contributed by atoms with Gasteiger partial charge in [-0.25, -0.2) is 0 Å². The minimum atomic E-state index is -0.723. The third-order valence-electron chi connectivity index (χ3n) is 5.44. The molecule has 1 heterocycles. The van der Waals surface area contributed by atoms with Crippen LogP contribution in [0.4, 0.5) is 0 Å². The van der Waals surface area contributed by atoms with Crippen LogP contribution in [-0.4, -0.2) is 35.0 Å². The topological polar surface area (TPSA) is 57.6 Å². The van der Waals surface area contributed by atoms with Gasteiger partial charge in [-0.1, -0.05) is 33.6 Å². The monoisotopic (exact) mass is 281 g/mol. The Bertz CT molecular complexity index is 385. The van der Waals surface area contributed by atoms with Crippen molar-refractivity contribution >= 4 is 11.9 Å². The van der Waals surface area contributed by atoms with Crippen molar-refractivity contribution in [3.63, 3.8) is 0 Å². The zero-order chi connectivity index (χ0) is 14.9. The van der Waals surface area contributed by atoms with Crippen LogP contribution in [0, 0.1) is 23.2 Å². The molecule has 4 nitrogen and oxygen atoms in total. The number of hydrogen-bond donors (Lipinski definition) is 1. The van der Waals surface area contributed by atoms with E-state index >= 15 is 0 Å². The molecule has 0 aromatic carbocycles. The maximum atomic E-state index is 12.8. The second-order valence-corrected chi connectivity index (χ2v) is 7.16. The third-order valence-corrected chi connectivity index (χ3v) is 5.44. The number of carboxylic acid groups (broad SMARTS) is 1. The van der Waals surface area contributed by atoms with Gasteiger partial charge >= 0.3 is 5.97 Å². The molecule has 2 atom stereocenters. The Kier molecular flexibility index (Phi) is 4.40. The summed E-state index contributed by atoms with van der Waals surface area (Å²) < 4.78 is 0. The zero-order valence-electron chi connectivity index (χ0n) is 12.9. The largest absolute Gasteiger partial charge is 0.481 e. The van der Waals surface area contributed by atoms with Crippen LogP contribution in [0.3, 0.4) is 0 Å². The van der Waals surface area contributed by atoms with Gasteiger partial charge in [0.05, 0.1) is 5.92 Å². The van der Waals surface area contributed by atoms with Gasteiger partial charge in [0.15, 0.2) is 0 Å². The summed E-state index contributed by atoms with van der Waals surface area (Å²) in [5.74, 6) is -0.263. The average molecular weight is 281 g/mol. The van der Waals surface area contributed by atoms with E-state index in [-0.39, 0.29) is 23.2 Å². The number of hydrogen-bond acceptors (Lipinski definition) is 2. The Hall–Kier alpha value is -1.06. The van der Waals surface area contributed by atoms with Crippen LogP contribution in [0.25, 0.3) is 0 Å². The summed E-state index contributed by atoms with van der Waals surface area (Å²) in [6.07, 6.45) is 5.36. The van der Waals surface area contributed by atoms with Crippen molar-refractivity contribution in [3.05, 3.63) is 0 Å². The minimum Gasteiger partial charge on any atom is -0.481 e. The summed E-state index contributed by atoms with van der Waals surface area (Å²) in [6.45, 7) is 7.27. The van der Waals surface area contributed by atoms with Gasteiger partial charge in [0.2, 0.25) is 5.91 Å². The molecule has 0 spiro atoms. The second-order valence-electron chi connectivity index (χ2n) is 7.16. The SMILES string of the molecule is CC1CN(C(=O)C(C)(C)C2CCCC2)CCC1C(=O)O. The first-order valence-electron chi connectivity index (χ1n) is 7.86. The number of aliphatic carboxylic acids is 1. The molecule has 2 unspecified atom stereocenters. The average Bonchev–Trinajstić information content (AvgIpc) is 2.91. The van der Waals surface area contributed by atoms with Gasteiger partial charge in [-0.2, -0.15) is 0 Å². The van der Waals surface area contributed by atoms with E-state index in [9.17, 15) is 9.59 Å². The second kappa shape index (κ2) is 5.74. The maximum absolute atomic E-state index is 12.8. The van der Waals surface area contributed by atoms with Crippen molar-refractivity contribution in [2.24, 2.45) is 23.2 Å². The van der Waals surface area contributed by atoms with E-state index in [1.165, 1.54) is 12.8 Å². The van der Waals surface area contributed by atoms with Gasteiger partial charge in [-0.05, 0) is 31.1 Å². The van der Waals surface area contributed by atoms with Crippen LogP contribution < -0.4 is 0 Å². The quantitative estimate of drug-likeness (QED) is 0.865. The van der Waals surface area contributed by atoms with Crippen molar-refractivity contribution in [1.29, 1.82) is 0 Å². The van der Waals surface area contributed by atoms with Crippen molar-refractivity contribution in [2.45, 2.75) is 52.9 Å². The fourth-order valence-corrected chi connectivity index (χ4v) is 3.93. The summed E-state index contributed by atoms with van der Waals surface area (Å²) in [7, 11) is 0. The van der Waals surface area contributed by atoms with E-state index in [0.717, 1.165) is 12.8 Å². The van der Waals surface area contributed by atoms with Crippen LogP contribution in [0.2, 0.25) is 0 Å². The number of carbonyl (C=O) groups is 2. The number of nitrogens with zero attached hydrogens (tertiary/aromatic N) is 1. The van der Waals surface area contributed by atoms with E-state index in [1.54, 1.807) is 0 Å².